The monoisotopic (exact) mass is 255 g/mol. The molecule has 100 valence electrons. The molecule has 0 aliphatic carbocycles. The number of ether oxygens (including phenoxy) is 1. The third kappa shape index (κ3) is 3.58. The van der Waals surface area contributed by atoms with Crippen molar-refractivity contribution in [2.45, 2.75) is 19.8 Å². The van der Waals surface area contributed by atoms with Crippen LogP contribution in [0.15, 0.2) is 48.5 Å². The molecule has 2 aromatic rings. The third-order valence-corrected chi connectivity index (χ3v) is 3.04. The van der Waals surface area contributed by atoms with Crippen LogP contribution in [-0.2, 0) is 6.42 Å². The Morgan fingerprint density at radius 2 is 1.79 bits per heavy atom. The zero-order valence-electron chi connectivity index (χ0n) is 11.4. The van der Waals surface area contributed by atoms with Gasteiger partial charge in [0, 0.05) is 0 Å². The second-order valence-electron chi connectivity index (χ2n) is 4.58. The van der Waals surface area contributed by atoms with Crippen LogP contribution in [0.1, 0.15) is 18.9 Å². The first kappa shape index (κ1) is 13.6. The van der Waals surface area contributed by atoms with Crippen LogP contribution in [0.25, 0.3) is 11.1 Å². The molecule has 0 aliphatic heterocycles. The van der Waals surface area contributed by atoms with Crippen molar-refractivity contribution < 1.29 is 4.74 Å². The van der Waals surface area contributed by atoms with Crippen LogP contribution in [0, 0.1) is 0 Å². The van der Waals surface area contributed by atoms with Gasteiger partial charge < -0.3 is 10.5 Å². The highest BCUT2D eigenvalue weighted by molar-refractivity contribution is 5.65. The summed E-state index contributed by atoms with van der Waals surface area (Å²) >= 11 is 0. The maximum absolute atomic E-state index is 5.77. The fourth-order valence-corrected chi connectivity index (χ4v) is 2.09. The predicted octanol–water partition coefficient (Wildman–Crippen LogP) is 3.64. The van der Waals surface area contributed by atoms with Gasteiger partial charge in [0.25, 0.3) is 0 Å². The lowest BCUT2D eigenvalue weighted by Crippen LogP contribution is -2.06. The molecule has 0 saturated carbocycles. The van der Waals surface area contributed by atoms with Gasteiger partial charge in [-0.15, -0.1) is 0 Å². The summed E-state index contributed by atoms with van der Waals surface area (Å²) in [6.45, 7) is 3.50. The molecule has 0 aromatic heterocycles. The van der Waals surface area contributed by atoms with E-state index in [1.165, 1.54) is 16.7 Å². The molecule has 2 rings (SSSR count). The fourth-order valence-electron chi connectivity index (χ4n) is 2.09. The summed E-state index contributed by atoms with van der Waals surface area (Å²) < 4.78 is 5.77. The van der Waals surface area contributed by atoms with Gasteiger partial charge in [-0.3, -0.25) is 0 Å². The van der Waals surface area contributed by atoms with Crippen molar-refractivity contribution in [1.29, 1.82) is 0 Å². The maximum atomic E-state index is 5.77. The maximum Gasteiger partial charge on any atom is 0.122 e. The molecular formula is C17H21NO. The molecular weight excluding hydrogens is 234 g/mol. The smallest absolute Gasteiger partial charge is 0.122 e. The SMILES string of the molecule is CCCOc1ccc(-c2ccccc2)cc1CCN. The lowest BCUT2D eigenvalue weighted by molar-refractivity contribution is 0.314. The van der Waals surface area contributed by atoms with Gasteiger partial charge >= 0.3 is 0 Å². The largest absolute Gasteiger partial charge is 0.493 e. The first-order chi connectivity index (χ1) is 9.35. The highest BCUT2D eigenvalue weighted by atomic mass is 16.5. The third-order valence-electron chi connectivity index (χ3n) is 3.04. The number of benzene rings is 2. The number of hydrogen-bond donors (Lipinski definition) is 1. The lowest BCUT2D eigenvalue weighted by atomic mass is 10.0. The van der Waals surface area contributed by atoms with E-state index in [1.54, 1.807) is 0 Å². The Labute approximate surface area is 115 Å². The van der Waals surface area contributed by atoms with Gasteiger partial charge in [-0.25, -0.2) is 0 Å². The van der Waals surface area contributed by atoms with Crippen molar-refractivity contribution in [3.8, 4) is 16.9 Å². The van der Waals surface area contributed by atoms with Crippen LogP contribution in [0.2, 0.25) is 0 Å². The van der Waals surface area contributed by atoms with Gasteiger partial charge in [0.1, 0.15) is 5.75 Å². The molecule has 0 bridgehead atoms. The second kappa shape index (κ2) is 6.95. The normalized spacial score (nSPS) is 10.4. The van der Waals surface area contributed by atoms with E-state index in [2.05, 4.69) is 49.4 Å². The highest BCUT2D eigenvalue weighted by Gasteiger charge is 2.06. The summed E-state index contributed by atoms with van der Waals surface area (Å²) in [7, 11) is 0. The molecule has 2 aromatic carbocycles. The number of hydrogen-bond acceptors (Lipinski definition) is 2. The van der Waals surface area contributed by atoms with Gasteiger partial charge in [0.15, 0.2) is 0 Å². The Hall–Kier alpha value is -1.80. The van der Waals surface area contributed by atoms with Gasteiger partial charge in [-0.1, -0.05) is 43.3 Å². The average Bonchev–Trinajstić information content (AvgIpc) is 2.47. The van der Waals surface area contributed by atoms with Crippen LogP contribution in [-0.4, -0.2) is 13.2 Å². The number of rotatable bonds is 6. The molecule has 0 unspecified atom stereocenters. The number of nitrogens with two attached hydrogens (primary N) is 1. The molecule has 0 aliphatic rings. The Morgan fingerprint density at radius 3 is 2.47 bits per heavy atom. The van der Waals surface area contributed by atoms with E-state index in [9.17, 15) is 0 Å². The second-order valence-corrected chi connectivity index (χ2v) is 4.58. The predicted molar refractivity (Wildman–Crippen MR) is 80.4 cm³/mol. The van der Waals surface area contributed by atoms with Crippen molar-refractivity contribution in [3.05, 3.63) is 54.1 Å². The molecule has 0 heterocycles. The molecule has 2 nitrogen and oxygen atoms in total. The van der Waals surface area contributed by atoms with Crippen molar-refractivity contribution in [2.24, 2.45) is 5.73 Å². The molecule has 2 N–H and O–H groups in total. The molecule has 0 fully saturated rings. The van der Waals surface area contributed by atoms with Crippen LogP contribution in [0.3, 0.4) is 0 Å². The Balaban J connectivity index is 2.30. The summed E-state index contributed by atoms with van der Waals surface area (Å²) in [5, 5.41) is 0. The Kier molecular flexibility index (Phi) is 4.99. The van der Waals surface area contributed by atoms with Crippen LogP contribution in [0.4, 0.5) is 0 Å². The van der Waals surface area contributed by atoms with Crippen molar-refractivity contribution in [2.75, 3.05) is 13.2 Å². The first-order valence-electron chi connectivity index (χ1n) is 6.86. The van der Waals surface area contributed by atoms with Crippen LogP contribution < -0.4 is 10.5 Å². The van der Waals surface area contributed by atoms with Crippen molar-refractivity contribution in [3.63, 3.8) is 0 Å². The molecule has 0 radical (unpaired) electrons. The summed E-state index contributed by atoms with van der Waals surface area (Å²) in [5.41, 5.74) is 9.32. The molecule has 0 atom stereocenters. The molecule has 0 spiro atoms. The van der Waals surface area contributed by atoms with Gasteiger partial charge in [0.05, 0.1) is 6.61 Å². The average molecular weight is 255 g/mol. The molecule has 2 heteroatoms. The lowest BCUT2D eigenvalue weighted by Gasteiger charge is -2.12. The standard InChI is InChI=1S/C17H21NO/c1-2-12-19-17-9-8-15(13-16(17)10-11-18)14-6-4-3-5-7-14/h3-9,13H,2,10-12,18H2,1H3. The first-order valence-corrected chi connectivity index (χ1v) is 6.86. The van der Waals surface area contributed by atoms with Crippen LogP contribution >= 0.6 is 0 Å². The zero-order valence-corrected chi connectivity index (χ0v) is 11.4. The zero-order chi connectivity index (χ0) is 13.5. The van der Waals surface area contributed by atoms with E-state index in [0.29, 0.717) is 6.54 Å². The Bertz CT molecular complexity index is 508. The van der Waals surface area contributed by atoms with Crippen molar-refractivity contribution in [1.82, 2.24) is 0 Å². The van der Waals surface area contributed by atoms with E-state index in [4.69, 9.17) is 10.5 Å². The Morgan fingerprint density at radius 1 is 1.00 bits per heavy atom. The van der Waals surface area contributed by atoms with Gasteiger partial charge in [0.2, 0.25) is 0 Å². The molecule has 19 heavy (non-hydrogen) atoms. The van der Waals surface area contributed by atoms with Gasteiger partial charge in [-0.05, 0) is 48.2 Å². The van der Waals surface area contributed by atoms with Crippen LogP contribution in [0.5, 0.6) is 5.75 Å². The quantitative estimate of drug-likeness (QED) is 0.855. The summed E-state index contributed by atoms with van der Waals surface area (Å²) in [6.07, 6.45) is 1.86. The van der Waals surface area contributed by atoms with E-state index in [0.717, 1.165) is 25.2 Å². The minimum atomic E-state index is 0.640. The summed E-state index contributed by atoms with van der Waals surface area (Å²) in [5.74, 6) is 0.965. The summed E-state index contributed by atoms with van der Waals surface area (Å²) in [6, 6.07) is 16.7. The molecule has 0 amide bonds. The summed E-state index contributed by atoms with van der Waals surface area (Å²) in [4.78, 5) is 0. The van der Waals surface area contributed by atoms with E-state index >= 15 is 0 Å². The van der Waals surface area contributed by atoms with Crippen molar-refractivity contribution >= 4 is 0 Å². The minimum absolute atomic E-state index is 0.640. The minimum Gasteiger partial charge on any atom is -0.493 e. The molecule has 0 saturated heterocycles. The van der Waals surface area contributed by atoms with E-state index < -0.39 is 0 Å². The topological polar surface area (TPSA) is 35.2 Å². The highest BCUT2D eigenvalue weighted by Crippen LogP contribution is 2.27. The van der Waals surface area contributed by atoms with Gasteiger partial charge in [-0.2, -0.15) is 0 Å². The van der Waals surface area contributed by atoms with E-state index in [-0.39, 0.29) is 0 Å². The van der Waals surface area contributed by atoms with E-state index in [1.807, 2.05) is 6.07 Å². The fraction of sp³-hybridized carbons (Fsp3) is 0.294.